The molecule has 22 heavy (non-hydrogen) atoms. The number of amides is 1. The summed E-state index contributed by atoms with van der Waals surface area (Å²) >= 11 is 0. The normalized spacial score (nSPS) is 24.7. The third-order valence-electron chi connectivity index (χ3n) is 4.53. The van der Waals surface area contributed by atoms with Crippen molar-refractivity contribution in [3.63, 3.8) is 0 Å². The summed E-state index contributed by atoms with van der Waals surface area (Å²) in [5.74, 6) is 0.163. The SMILES string of the molecule is O=C1C[C@@H]2[C@H](CCN2Cc2ccccn2)N1c1cncnc1. The lowest BCUT2D eigenvalue weighted by molar-refractivity contribution is -0.117. The van der Waals surface area contributed by atoms with E-state index in [9.17, 15) is 4.79 Å². The predicted molar refractivity (Wildman–Crippen MR) is 81.0 cm³/mol. The first kappa shape index (κ1) is 13.3. The molecule has 2 aliphatic heterocycles. The largest absolute Gasteiger partial charge is 0.305 e. The molecule has 2 aromatic heterocycles. The van der Waals surface area contributed by atoms with Crippen molar-refractivity contribution in [2.45, 2.75) is 31.5 Å². The van der Waals surface area contributed by atoms with Gasteiger partial charge < -0.3 is 4.90 Å². The molecule has 0 bridgehead atoms. The molecule has 0 spiro atoms. The molecule has 2 fully saturated rings. The van der Waals surface area contributed by atoms with Crippen molar-refractivity contribution < 1.29 is 4.79 Å². The van der Waals surface area contributed by atoms with Crippen molar-refractivity contribution in [2.75, 3.05) is 11.4 Å². The van der Waals surface area contributed by atoms with E-state index in [0.29, 0.717) is 6.42 Å². The van der Waals surface area contributed by atoms with Crippen LogP contribution in [0.5, 0.6) is 0 Å². The van der Waals surface area contributed by atoms with Crippen LogP contribution in [-0.2, 0) is 11.3 Å². The Bertz CT molecular complexity index is 663. The van der Waals surface area contributed by atoms with Crippen LogP contribution in [-0.4, -0.2) is 44.4 Å². The van der Waals surface area contributed by atoms with E-state index in [0.717, 1.165) is 30.9 Å². The molecule has 6 heteroatoms. The van der Waals surface area contributed by atoms with Crippen molar-refractivity contribution >= 4 is 11.6 Å². The first-order valence-corrected chi connectivity index (χ1v) is 7.54. The summed E-state index contributed by atoms with van der Waals surface area (Å²) in [6, 6.07) is 6.44. The van der Waals surface area contributed by atoms with E-state index < -0.39 is 0 Å². The Morgan fingerprint density at radius 3 is 2.82 bits per heavy atom. The van der Waals surface area contributed by atoms with Crippen LogP contribution >= 0.6 is 0 Å². The summed E-state index contributed by atoms with van der Waals surface area (Å²) < 4.78 is 0. The third-order valence-corrected chi connectivity index (χ3v) is 4.53. The maximum Gasteiger partial charge on any atom is 0.229 e. The fraction of sp³-hybridized carbons (Fsp3) is 0.375. The standard InChI is InChI=1S/C16H17N5O/c22-16-7-15-14(21(16)13-8-17-11-18-9-13)4-6-20(15)10-12-3-1-2-5-19-12/h1-3,5,8-9,11,14-15H,4,6-7,10H2/t14-,15+/m0/s1. The van der Waals surface area contributed by atoms with Gasteiger partial charge in [0, 0.05) is 31.7 Å². The summed E-state index contributed by atoms with van der Waals surface area (Å²) in [4.78, 5) is 29.1. The molecule has 2 atom stereocenters. The van der Waals surface area contributed by atoms with Gasteiger partial charge in [0.2, 0.25) is 5.91 Å². The summed E-state index contributed by atoms with van der Waals surface area (Å²) in [5.41, 5.74) is 1.86. The molecule has 0 unspecified atom stereocenters. The van der Waals surface area contributed by atoms with Crippen LogP contribution in [0.15, 0.2) is 43.1 Å². The Labute approximate surface area is 128 Å². The van der Waals surface area contributed by atoms with E-state index >= 15 is 0 Å². The molecule has 0 aliphatic carbocycles. The maximum absolute atomic E-state index is 12.4. The molecule has 2 aliphatic rings. The molecular weight excluding hydrogens is 278 g/mol. The molecule has 4 heterocycles. The molecule has 1 amide bonds. The van der Waals surface area contributed by atoms with Crippen LogP contribution in [0, 0.1) is 0 Å². The average Bonchev–Trinajstić information content (AvgIpc) is 3.08. The number of carbonyl (C=O) groups is 1. The molecule has 0 aromatic carbocycles. The van der Waals surface area contributed by atoms with Crippen LogP contribution < -0.4 is 4.90 Å². The van der Waals surface area contributed by atoms with Gasteiger partial charge >= 0.3 is 0 Å². The molecular formula is C16H17N5O. The summed E-state index contributed by atoms with van der Waals surface area (Å²) in [5, 5.41) is 0. The molecule has 4 rings (SSSR count). The molecule has 0 radical (unpaired) electrons. The van der Waals surface area contributed by atoms with E-state index in [1.54, 1.807) is 12.4 Å². The van der Waals surface area contributed by atoms with E-state index in [1.165, 1.54) is 6.33 Å². The number of hydrogen-bond donors (Lipinski definition) is 0. The fourth-order valence-electron chi connectivity index (χ4n) is 3.58. The zero-order valence-electron chi connectivity index (χ0n) is 12.2. The second-order valence-corrected chi connectivity index (χ2v) is 5.78. The number of anilines is 1. The van der Waals surface area contributed by atoms with Gasteiger partial charge in [-0.05, 0) is 18.6 Å². The highest BCUT2D eigenvalue weighted by molar-refractivity contribution is 5.97. The van der Waals surface area contributed by atoms with Crippen LogP contribution in [0.1, 0.15) is 18.5 Å². The van der Waals surface area contributed by atoms with Gasteiger partial charge in [0.1, 0.15) is 6.33 Å². The number of pyridine rings is 1. The number of nitrogens with zero attached hydrogens (tertiary/aromatic N) is 5. The molecule has 112 valence electrons. The topological polar surface area (TPSA) is 62.2 Å². The monoisotopic (exact) mass is 295 g/mol. The lowest BCUT2D eigenvalue weighted by Gasteiger charge is -2.24. The molecule has 0 N–H and O–H groups in total. The maximum atomic E-state index is 12.4. The first-order valence-electron chi connectivity index (χ1n) is 7.54. The first-order chi connectivity index (χ1) is 10.8. The summed E-state index contributed by atoms with van der Waals surface area (Å²) in [7, 11) is 0. The van der Waals surface area contributed by atoms with Gasteiger partial charge in [-0.25, -0.2) is 9.97 Å². The van der Waals surface area contributed by atoms with Crippen molar-refractivity contribution in [1.29, 1.82) is 0 Å². The van der Waals surface area contributed by atoms with Gasteiger partial charge in [-0.3, -0.25) is 14.7 Å². The molecule has 2 aromatic rings. The van der Waals surface area contributed by atoms with Crippen LogP contribution in [0.25, 0.3) is 0 Å². The van der Waals surface area contributed by atoms with Crippen LogP contribution in [0.4, 0.5) is 5.69 Å². The van der Waals surface area contributed by atoms with E-state index in [-0.39, 0.29) is 18.0 Å². The molecule has 6 nitrogen and oxygen atoms in total. The van der Waals surface area contributed by atoms with Crippen LogP contribution in [0.2, 0.25) is 0 Å². The lowest BCUT2D eigenvalue weighted by Crippen LogP contribution is -2.37. The Balaban J connectivity index is 1.54. The van der Waals surface area contributed by atoms with Crippen LogP contribution in [0.3, 0.4) is 0 Å². The summed E-state index contributed by atoms with van der Waals surface area (Å²) in [6.45, 7) is 1.79. The quantitative estimate of drug-likeness (QED) is 0.853. The highest BCUT2D eigenvalue weighted by atomic mass is 16.2. The zero-order valence-corrected chi connectivity index (χ0v) is 12.2. The second-order valence-electron chi connectivity index (χ2n) is 5.78. The van der Waals surface area contributed by atoms with Gasteiger partial charge in [-0.15, -0.1) is 0 Å². The minimum atomic E-state index is 0.163. The molecule has 0 saturated carbocycles. The molecule has 2 saturated heterocycles. The van der Waals surface area contributed by atoms with Crippen molar-refractivity contribution in [1.82, 2.24) is 19.9 Å². The Kier molecular flexibility index (Phi) is 3.31. The fourth-order valence-corrected chi connectivity index (χ4v) is 3.58. The van der Waals surface area contributed by atoms with E-state index in [4.69, 9.17) is 0 Å². The van der Waals surface area contributed by atoms with Gasteiger partial charge in [0.15, 0.2) is 0 Å². The third kappa shape index (κ3) is 2.25. The highest BCUT2D eigenvalue weighted by Gasteiger charge is 2.47. The number of aromatic nitrogens is 3. The number of hydrogen-bond acceptors (Lipinski definition) is 5. The van der Waals surface area contributed by atoms with Crippen molar-refractivity contribution in [2.24, 2.45) is 0 Å². The second kappa shape index (κ2) is 5.46. The summed E-state index contributed by atoms with van der Waals surface area (Å²) in [6.07, 6.45) is 8.29. The minimum absolute atomic E-state index is 0.163. The van der Waals surface area contributed by atoms with E-state index in [2.05, 4.69) is 19.9 Å². The smallest absolute Gasteiger partial charge is 0.229 e. The number of rotatable bonds is 3. The van der Waals surface area contributed by atoms with Crippen molar-refractivity contribution in [3.8, 4) is 0 Å². The van der Waals surface area contributed by atoms with Gasteiger partial charge in [0.25, 0.3) is 0 Å². The highest BCUT2D eigenvalue weighted by Crippen LogP contribution is 2.35. The van der Waals surface area contributed by atoms with Gasteiger partial charge in [-0.2, -0.15) is 0 Å². The van der Waals surface area contributed by atoms with Crippen molar-refractivity contribution in [3.05, 3.63) is 48.8 Å². The number of likely N-dealkylation sites (tertiary alicyclic amines) is 1. The Hall–Kier alpha value is -2.34. The Morgan fingerprint density at radius 2 is 2.05 bits per heavy atom. The van der Waals surface area contributed by atoms with Gasteiger partial charge in [0.05, 0.1) is 29.8 Å². The zero-order chi connectivity index (χ0) is 14.9. The Morgan fingerprint density at radius 1 is 1.18 bits per heavy atom. The average molecular weight is 295 g/mol. The number of carbonyl (C=O) groups excluding carboxylic acids is 1. The van der Waals surface area contributed by atoms with E-state index in [1.807, 2.05) is 29.3 Å². The predicted octanol–water partition coefficient (Wildman–Crippen LogP) is 1.25. The minimum Gasteiger partial charge on any atom is -0.305 e. The van der Waals surface area contributed by atoms with Gasteiger partial charge in [-0.1, -0.05) is 6.07 Å². The number of fused-ring (bicyclic) bond motifs is 1. The lowest BCUT2D eigenvalue weighted by atomic mass is 10.1.